The maximum atomic E-state index is 2.64. The van der Waals surface area contributed by atoms with Crippen LogP contribution in [0, 0.1) is 5.92 Å². The van der Waals surface area contributed by atoms with Crippen molar-refractivity contribution in [2.75, 3.05) is 13.1 Å². The molecule has 1 unspecified atom stereocenters. The highest BCUT2D eigenvalue weighted by atomic mass is 15.1. The lowest BCUT2D eigenvalue weighted by molar-refractivity contribution is 0.204. The zero-order valence-corrected chi connectivity index (χ0v) is 11.3. The SMILES string of the molecule is CCCC(CC)CN1CCc2ccccc2C1. The molecule has 1 aromatic carbocycles. The fraction of sp³-hybridized carbons (Fsp3) is 0.625. The van der Waals surface area contributed by atoms with Gasteiger partial charge in [0.1, 0.15) is 0 Å². The van der Waals surface area contributed by atoms with E-state index >= 15 is 0 Å². The first-order chi connectivity index (χ1) is 8.33. The minimum Gasteiger partial charge on any atom is -0.298 e. The minimum absolute atomic E-state index is 0.894. The molecule has 0 amide bonds. The third-order valence-corrected chi connectivity index (χ3v) is 4.00. The molecule has 2 rings (SSSR count). The molecule has 0 spiro atoms. The van der Waals surface area contributed by atoms with Crippen LogP contribution in [0.5, 0.6) is 0 Å². The summed E-state index contributed by atoms with van der Waals surface area (Å²) in [6.45, 7) is 8.33. The monoisotopic (exact) mass is 231 g/mol. The summed E-state index contributed by atoms with van der Waals surface area (Å²) in [5, 5.41) is 0. The third kappa shape index (κ3) is 3.32. The zero-order valence-electron chi connectivity index (χ0n) is 11.3. The van der Waals surface area contributed by atoms with E-state index in [2.05, 4.69) is 43.0 Å². The van der Waals surface area contributed by atoms with Crippen LogP contribution in [-0.2, 0) is 13.0 Å². The lowest BCUT2D eigenvalue weighted by Gasteiger charge is -2.31. The Hall–Kier alpha value is -0.820. The molecule has 1 atom stereocenters. The predicted molar refractivity (Wildman–Crippen MR) is 74.1 cm³/mol. The van der Waals surface area contributed by atoms with Crippen molar-refractivity contribution in [1.29, 1.82) is 0 Å². The summed E-state index contributed by atoms with van der Waals surface area (Å²) in [7, 11) is 0. The highest BCUT2D eigenvalue weighted by Gasteiger charge is 2.18. The highest BCUT2D eigenvalue weighted by molar-refractivity contribution is 5.28. The first-order valence-corrected chi connectivity index (χ1v) is 7.12. The van der Waals surface area contributed by atoms with Crippen LogP contribution in [-0.4, -0.2) is 18.0 Å². The van der Waals surface area contributed by atoms with E-state index in [0.717, 1.165) is 12.5 Å². The van der Waals surface area contributed by atoms with Crippen molar-refractivity contribution in [2.24, 2.45) is 5.92 Å². The van der Waals surface area contributed by atoms with Crippen molar-refractivity contribution in [2.45, 2.75) is 46.1 Å². The van der Waals surface area contributed by atoms with Gasteiger partial charge < -0.3 is 0 Å². The van der Waals surface area contributed by atoms with Gasteiger partial charge in [0.15, 0.2) is 0 Å². The smallest absolute Gasteiger partial charge is 0.0236 e. The molecule has 0 bridgehead atoms. The molecule has 0 fully saturated rings. The summed E-state index contributed by atoms with van der Waals surface area (Å²) >= 11 is 0. The van der Waals surface area contributed by atoms with Crippen molar-refractivity contribution in [1.82, 2.24) is 4.90 Å². The molecular weight excluding hydrogens is 206 g/mol. The van der Waals surface area contributed by atoms with Crippen molar-refractivity contribution < 1.29 is 0 Å². The van der Waals surface area contributed by atoms with Crippen molar-refractivity contribution in [3.63, 3.8) is 0 Å². The Morgan fingerprint density at radius 1 is 1.18 bits per heavy atom. The number of benzene rings is 1. The molecular formula is C16H25N. The van der Waals surface area contributed by atoms with Crippen LogP contribution in [0.2, 0.25) is 0 Å². The Kier molecular flexibility index (Phi) is 4.61. The molecule has 1 aromatic rings. The Labute approximate surface area is 106 Å². The lowest BCUT2D eigenvalue weighted by atomic mass is 9.96. The zero-order chi connectivity index (χ0) is 12.1. The van der Waals surface area contributed by atoms with Gasteiger partial charge in [-0.15, -0.1) is 0 Å². The Balaban J connectivity index is 1.93. The second-order valence-corrected chi connectivity index (χ2v) is 5.32. The second kappa shape index (κ2) is 6.20. The first-order valence-electron chi connectivity index (χ1n) is 7.12. The van der Waals surface area contributed by atoms with Crippen molar-refractivity contribution in [3.8, 4) is 0 Å². The number of rotatable bonds is 5. The van der Waals surface area contributed by atoms with Gasteiger partial charge in [-0.05, 0) is 29.9 Å². The number of hydrogen-bond donors (Lipinski definition) is 0. The van der Waals surface area contributed by atoms with Crippen molar-refractivity contribution in [3.05, 3.63) is 35.4 Å². The van der Waals surface area contributed by atoms with Gasteiger partial charge in [0, 0.05) is 19.6 Å². The van der Waals surface area contributed by atoms with Crippen molar-refractivity contribution >= 4 is 0 Å². The molecule has 1 heterocycles. The van der Waals surface area contributed by atoms with Gasteiger partial charge in [0.25, 0.3) is 0 Å². The summed E-state index contributed by atoms with van der Waals surface area (Å²) < 4.78 is 0. The molecule has 94 valence electrons. The van der Waals surface area contributed by atoms with E-state index in [1.807, 2.05) is 0 Å². The fourth-order valence-corrected chi connectivity index (χ4v) is 2.91. The van der Waals surface area contributed by atoms with Crippen LogP contribution in [0.3, 0.4) is 0 Å². The standard InChI is InChI=1S/C16H25N/c1-3-7-14(4-2)12-17-11-10-15-8-5-6-9-16(15)13-17/h5-6,8-9,14H,3-4,7,10-13H2,1-2H3. The lowest BCUT2D eigenvalue weighted by Crippen LogP contribution is -2.34. The van der Waals surface area contributed by atoms with Crippen LogP contribution < -0.4 is 0 Å². The van der Waals surface area contributed by atoms with E-state index < -0.39 is 0 Å². The summed E-state index contributed by atoms with van der Waals surface area (Å²) in [5.41, 5.74) is 3.11. The normalized spacial score (nSPS) is 17.8. The molecule has 0 radical (unpaired) electrons. The molecule has 1 heteroatoms. The predicted octanol–water partition coefficient (Wildman–Crippen LogP) is 3.87. The number of hydrogen-bond acceptors (Lipinski definition) is 1. The summed E-state index contributed by atoms with van der Waals surface area (Å²) in [6.07, 6.45) is 5.27. The molecule has 17 heavy (non-hydrogen) atoms. The minimum atomic E-state index is 0.894. The van der Waals surface area contributed by atoms with E-state index in [1.54, 1.807) is 11.1 Å². The van der Waals surface area contributed by atoms with E-state index in [1.165, 1.54) is 38.8 Å². The number of nitrogens with zero attached hydrogens (tertiary/aromatic N) is 1. The molecule has 0 aromatic heterocycles. The van der Waals surface area contributed by atoms with E-state index in [0.29, 0.717) is 0 Å². The average molecular weight is 231 g/mol. The first kappa shape index (κ1) is 12.6. The van der Waals surface area contributed by atoms with Gasteiger partial charge in [-0.2, -0.15) is 0 Å². The Bertz CT molecular complexity index is 345. The Morgan fingerprint density at radius 3 is 2.65 bits per heavy atom. The fourth-order valence-electron chi connectivity index (χ4n) is 2.91. The summed E-state index contributed by atoms with van der Waals surface area (Å²) in [6, 6.07) is 8.92. The molecule has 1 nitrogen and oxygen atoms in total. The largest absolute Gasteiger partial charge is 0.298 e. The van der Waals surface area contributed by atoms with Gasteiger partial charge >= 0.3 is 0 Å². The van der Waals surface area contributed by atoms with Crippen LogP contribution >= 0.6 is 0 Å². The third-order valence-electron chi connectivity index (χ3n) is 4.00. The van der Waals surface area contributed by atoms with Gasteiger partial charge in [0.2, 0.25) is 0 Å². The van der Waals surface area contributed by atoms with Gasteiger partial charge in [-0.1, -0.05) is 51.0 Å². The quantitative estimate of drug-likeness (QED) is 0.743. The van der Waals surface area contributed by atoms with Crippen LogP contribution in [0.25, 0.3) is 0 Å². The highest BCUT2D eigenvalue weighted by Crippen LogP contribution is 2.21. The molecule has 1 aliphatic rings. The molecule has 0 saturated heterocycles. The van der Waals surface area contributed by atoms with Crippen LogP contribution in [0.1, 0.15) is 44.2 Å². The van der Waals surface area contributed by atoms with E-state index in [-0.39, 0.29) is 0 Å². The maximum Gasteiger partial charge on any atom is 0.0236 e. The maximum absolute atomic E-state index is 2.64. The molecule has 0 aliphatic carbocycles. The number of fused-ring (bicyclic) bond motifs is 1. The topological polar surface area (TPSA) is 3.24 Å². The second-order valence-electron chi connectivity index (χ2n) is 5.32. The molecule has 0 saturated carbocycles. The average Bonchev–Trinajstić information content (AvgIpc) is 2.38. The van der Waals surface area contributed by atoms with E-state index in [4.69, 9.17) is 0 Å². The van der Waals surface area contributed by atoms with Gasteiger partial charge in [-0.3, -0.25) is 4.90 Å². The Morgan fingerprint density at radius 2 is 1.94 bits per heavy atom. The molecule has 0 N–H and O–H groups in total. The van der Waals surface area contributed by atoms with Gasteiger partial charge in [0.05, 0.1) is 0 Å². The molecule has 1 aliphatic heterocycles. The summed E-state index contributed by atoms with van der Waals surface area (Å²) in [5.74, 6) is 0.894. The van der Waals surface area contributed by atoms with Crippen LogP contribution in [0.4, 0.5) is 0 Å². The van der Waals surface area contributed by atoms with E-state index in [9.17, 15) is 0 Å². The van der Waals surface area contributed by atoms with Crippen LogP contribution in [0.15, 0.2) is 24.3 Å². The summed E-state index contributed by atoms with van der Waals surface area (Å²) in [4.78, 5) is 2.64. The van der Waals surface area contributed by atoms with Gasteiger partial charge in [-0.25, -0.2) is 0 Å².